The van der Waals surface area contributed by atoms with E-state index in [9.17, 15) is 13.9 Å². The maximum atomic E-state index is 13.3. The molecule has 1 aliphatic rings. The van der Waals surface area contributed by atoms with Crippen molar-refractivity contribution in [3.8, 4) is 5.75 Å². The Balaban J connectivity index is 1.57. The highest BCUT2D eigenvalue weighted by Crippen LogP contribution is 2.34. The fourth-order valence-corrected chi connectivity index (χ4v) is 3.85. The smallest absolute Gasteiger partial charge is 0.126 e. The van der Waals surface area contributed by atoms with Crippen LogP contribution in [0.3, 0.4) is 0 Å². The van der Waals surface area contributed by atoms with E-state index in [0.717, 1.165) is 30.2 Å². The summed E-state index contributed by atoms with van der Waals surface area (Å²) in [4.78, 5) is 0. The molecule has 0 bridgehead atoms. The van der Waals surface area contributed by atoms with Crippen molar-refractivity contribution in [2.45, 2.75) is 58.6 Å². The third kappa shape index (κ3) is 6.51. The summed E-state index contributed by atoms with van der Waals surface area (Å²) >= 11 is 0. The third-order valence-corrected chi connectivity index (χ3v) is 5.14. The lowest BCUT2D eigenvalue weighted by molar-refractivity contribution is 0.151. The molecule has 0 spiro atoms. The van der Waals surface area contributed by atoms with Gasteiger partial charge in [0.15, 0.2) is 0 Å². The first-order valence-electron chi connectivity index (χ1n) is 10.3. The van der Waals surface area contributed by atoms with E-state index >= 15 is 0 Å². The fourth-order valence-electron chi connectivity index (χ4n) is 3.85. The molecular formula is C24H31F2NO2. The second kappa shape index (κ2) is 9.23. The SMILES string of the molecule is CC(C)(C)Cc1ccc2c(c1)[C@@H](NCC(O)CCc1cc(F)cc(F)c1)CCO2. The fraction of sp³-hybridized carbons (Fsp3) is 0.500. The predicted octanol–water partition coefficient (Wildman–Crippen LogP) is 4.96. The average molecular weight is 404 g/mol. The van der Waals surface area contributed by atoms with Crippen molar-refractivity contribution in [1.29, 1.82) is 0 Å². The number of hydrogen-bond donors (Lipinski definition) is 2. The number of aliphatic hydroxyl groups is 1. The number of nitrogens with one attached hydrogen (secondary N) is 1. The van der Waals surface area contributed by atoms with Gasteiger partial charge in [0, 0.05) is 30.6 Å². The van der Waals surface area contributed by atoms with Gasteiger partial charge in [-0.1, -0.05) is 32.9 Å². The highest BCUT2D eigenvalue weighted by molar-refractivity contribution is 5.41. The molecule has 2 atom stereocenters. The van der Waals surface area contributed by atoms with Crippen LogP contribution < -0.4 is 10.1 Å². The van der Waals surface area contributed by atoms with E-state index < -0.39 is 17.7 Å². The first-order valence-corrected chi connectivity index (χ1v) is 10.3. The van der Waals surface area contributed by atoms with Crippen LogP contribution >= 0.6 is 0 Å². The Bertz CT molecular complexity index is 812. The van der Waals surface area contributed by atoms with Crippen LogP contribution in [-0.2, 0) is 12.8 Å². The highest BCUT2D eigenvalue weighted by atomic mass is 19.1. The van der Waals surface area contributed by atoms with Gasteiger partial charge < -0.3 is 15.2 Å². The van der Waals surface area contributed by atoms with Crippen LogP contribution in [0.25, 0.3) is 0 Å². The lowest BCUT2D eigenvalue weighted by atomic mass is 9.86. The molecule has 3 rings (SSSR count). The quantitative estimate of drug-likeness (QED) is 0.687. The van der Waals surface area contributed by atoms with Gasteiger partial charge in [-0.2, -0.15) is 0 Å². The standard InChI is InChI=1S/C24H31F2NO2/c1-24(2,3)14-17-5-7-23-21(12-17)22(8-9-29-23)27-15-20(28)6-4-16-10-18(25)13-19(26)11-16/h5,7,10-13,20,22,27-28H,4,6,8-9,14-15H2,1-3H3/t20?,22-/m0/s1. The normalized spacial score (nSPS) is 17.5. The van der Waals surface area contributed by atoms with Crippen molar-refractivity contribution in [2.75, 3.05) is 13.2 Å². The molecule has 1 aliphatic heterocycles. The molecule has 1 heterocycles. The Labute approximate surface area is 172 Å². The molecule has 5 heteroatoms. The summed E-state index contributed by atoms with van der Waals surface area (Å²) in [6.45, 7) is 7.73. The molecule has 0 amide bonds. The van der Waals surface area contributed by atoms with Gasteiger partial charge in [-0.3, -0.25) is 0 Å². The monoisotopic (exact) mass is 403 g/mol. The van der Waals surface area contributed by atoms with Gasteiger partial charge in [-0.15, -0.1) is 0 Å². The molecular weight excluding hydrogens is 372 g/mol. The molecule has 2 aromatic rings. The minimum absolute atomic E-state index is 0.125. The van der Waals surface area contributed by atoms with Gasteiger partial charge in [-0.25, -0.2) is 8.78 Å². The molecule has 0 saturated carbocycles. The average Bonchev–Trinajstić information content (AvgIpc) is 2.62. The Kier molecular flexibility index (Phi) is 6.91. The third-order valence-electron chi connectivity index (χ3n) is 5.14. The number of hydrogen-bond acceptors (Lipinski definition) is 3. The minimum atomic E-state index is -0.592. The Morgan fingerprint density at radius 3 is 2.52 bits per heavy atom. The zero-order valence-corrected chi connectivity index (χ0v) is 17.5. The second-order valence-corrected chi connectivity index (χ2v) is 9.18. The van der Waals surface area contributed by atoms with E-state index in [4.69, 9.17) is 4.74 Å². The van der Waals surface area contributed by atoms with Crippen LogP contribution in [0.4, 0.5) is 8.78 Å². The number of fused-ring (bicyclic) bond motifs is 1. The van der Waals surface area contributed by atoms with Gasteiger partial charge >= 0.3 is 0 Å². The number of aliphatic hydroxyl groups excluding tert-OH is 1. The highest BCUT2D eigenvalue weighted by Gasteiger charge is 2.23. The Hall–Kier alpha value is -1.98. The minimum Gasteiger partial charge on any atom is -0.493 e. The van der Waals surface area contributed by atoms with Crippen molar-refractivity contribution in [3.63, 3.8) is 0 Å². The molecule has 0 aromatic heterocycles. The van der Waals surface area contributed by atoms with Crippen molar-refractivity contribution in [3.05, 3.63) is 64.7 Å². The van der Waals surface area contributed by atoms with Crippen molar-refractivity contribution < 1.29 is 18.6 Å². The summed E-state index contributed by atoms with van der Waals surface area (Å²) in [5.41, 5.74) is 3.18. The molecule has 2 N–H and O–H groups in total. The molecule has 29 heavy (non-hydrogen) atoms. The molecule has 3 nitrogen and oxygen atoms in total. The lowest BCUT2D eigenvalue weighted by Gasteiger charge is -2.29. The molecule has 2 aromatic carbocycles. The van der Waals surface area contributed by atoms with E-state index in [1.54, 1.807) is 0 Å². The van der Waals surface area contributed by atoms with Gasteiger partial charge in [0.25, 0.3) is 0 Å². The number of halogens is 2. The van der Waals surface area contributed by atoms with E-state index in [0.29, 0.717) is 31.6 Å². The summed E-state index contributed by atoms with van der Waals surface area (Å²) in [5.74, 6) is -0.272. The number of rotatable bonds is 7. The maximum Gasteiger partial charge on any atom is 0.126 e. The number of aryl methyl sites for hydroxylation is 1. The summed E-state index contributed by atoms with van der Waals surface area (Å²) in [5, 5.41) is 13.8. The summed E-state index contributed by atoms with van der Waals surface area (Å²) in [6.07, 6.45) is 2.10. The molecule has 0 fully saturated rings. The molecule has 0 aliphatic carbocycles. The van der Waals surface area contributed by atoms with Crippen molar-refractivity contribution >= 4 is 0 Å². The van der Waals surface area contributed by atoms with E-state index in [2.05, 4.69) is 38.2 Å². The number of ether oxygens (including phenoxy) is 1. The predicted molar refractivity (Wildman–Crippen MR) is 111 cm³/mol. The van der Waals surface area contributed by atoms with E-state index in [1.165, 1.54) is 17.7 Å². The van der Waals surface area contributed by atoms with E-state index in [-0.39, 0.29) is 11.5 Å². The maximum absolute atomic E-state index is 13.3. The van der Waals surface area contributed by atoms with Gasteiger partial charge in [0.05, 0.1) is 12.7 Å². The summed E-state index contributed by atoms with van der Waals surface area (Å²) in [7, 11) is 0. The molecule has 0 radical (unpaired) electrons. The van der Waals surface area contributed by atoms with Gasteiger partial charge in [0.1, 0.15) is 17.4 Å². The lowest BCUT2D eigenvalue weighted by Crippen LogP contribution is -2.33. The van der Waals surface area contributed by atoms with Gasteiger partial charge in [-0.05, 0) is 54.0 Å². The van der Waals surface area contributed by atoms with Crippen LogP contribution in [0.2, 0.25) is 0 Å². The Morgan fingerprint density at radius 2 is 1.83 bits per heavy atom. The number of benzene rings is 2. The zero-order chi connectivity index (χ0) is 21.0. The van der Waals surface area contributed by atoms with Gasteiger partial charge in [0.2, 0.25) is 0 Å². The van der Waals surface area contributed by atoms with Crippen LogP contribution in [0.1, 0.15) is 56.3 Å². The van der Waals surface area contributed by atoms with Crippen LogP contribution in [0, 0.1) is 17.0 Å². The first-order chi connectivity index (χ1) is 13.7. The molecule has 1 unspecified atom stereocenters. The largest absolute Gasteiger partial charge is 0.493 e. The first kappa shape index (κ1) is 21.7. The summed E-state index contributed by atoms with van der Waals surface area (Å²) in [6, 6.07) is 9.99. The molecule has 158 valence electrons. The van der Waals surface area contributed by atoms with E-state index in [1.807, 2.05) is 6.07 Å². The second-order valence-electron chi connectivity index (χ2n) is 9.18. The summed E-state index contributed by atoms with van der Waals surface area (Å²) < 4.78 is 32.4. The Morgan fingerprint density at radius 1 is 1.10 bits per heavy atom. The molecule has 0 saturated heterocycles. The van der Waals surface area contributed by atoms with Crippen LogP contribution in [-0.4, -0.2) is 24.4 Å². The van der Waals surface area contributed by atoms with Crippen LogP contribution in [0.5, 0.6) is 5.75 Å². The van der Waals surface area contributed by atoms with Crippen LogP contribution in [0.15, 0.2) is 36.4 Å². The zero-order valence-electron chi connectivity index (χ0n) is 17.5. The van der Waals surface area contributed by atoms with Crippen molar-refractivity contribution in [2.24, 2.45) is 5.41 Å². The topological polar surface area (TPSA) is 41.5 Å². The van der Waals surface area contributed by atoms with Crippen molar-refractivity contribution in [1.82, 2.24) is 5.32 Å².